The van der Waals surface area contributed by atoms with Crippen molar-refractivity contribution in [2.45, 2.75) is 6.43 Å². The summed E-state index contributed by atoms with van der Waals surface area (Å²) in [6, 6.07) is 4.74. The molecule has 19 heavy (non-hydrogen) atoms. The zero-order valence-corrected chi connectivity index (χ0v) is 11.5. The minimum absolute atomic E-state index is 0.0309. The highest BCUT2D eigenvalue weighted by molar-refractivity contribution is 7.71. The van der Waals surface area contributed by atoms with Gasteiger partial charge in [-0.25, -0.2) is 13.9 Å². The van der Waals surface area contributed by atoms with E-state index in [2.05, 4.69) is 15.3 Å². The number of aromatic amines is 1. The Morgan fingerprint density at radius 1 is 1.42 bits per heavy atom. The number of halogens is 4. The molecule has 2 rings (SSSR count). The molecule has 1 aromatic carbocycles. The smallest absolute Gasteiger partial charge is 0.250 e. The van der Waals surface area contributed by atoms with Gasteiger partial charge in [-0.15, -0.1) is 0 Å². The number of rotatable bonds is 3. The van der Waals surface area contributed by atoms with Crippen molar-refractivity contribution in [2.75, 3.05) is 0 Å². The van der Waals surface area contributed by atoms with Crippen molar-refractivity contribution in [3.63, 3.8) is 0 Å². The number of H-pyrrole nitrogens is 1. The normalized spacial score (nSPS) is 11.6. The van der Waals surface area contributed by atoms with E-state index in [1.165, 1.54) is 12.3 Å². The molecule has 1 aromatic heterocycles. The maximum Gasteiger partial charge on any atom is 0.299 e. The molecule has 0 saturated heterocycles. The molecule has 100 valence electrons. The number of hydrogen-bond donors (Lipinski definition) is 1. The minimum atomic E-state index is -2.79. The summed E-state index contributed by atoms with van der Waals surface area (Å²) in [6.07, 6.45) is -1.48. The first-order valence-corrected chi connectivity index (χ1v) is 6.10. The summed E-state index contributed by atoms with van der Waals surface area (Å²) < 4.78 is 26.1. The lowest BCUT2D eigenvalue weighted by atomic mass is 10.2. The summed E-state index contributed by atoms with van der Waals surface area (Å²) in [5, 5.41) is 10.3. The van der Waals surface area contributed by atoms with Gasteiger partial charge < -0.3 is 0 Å². The van der Waals surface area contributed by atoms with Gasteiger partial charge in [-0.3, -0.25) is 0 Å². The lowest BCUT2D eigenvalue weighted by Crippen LogP contribution is -1.99. The first kappa shape index (κ1) is 14.1. The first-order valence-electron chi connectivity index (χ1n) is 4.94. The molecule has 9 heteroatoms. The fourth-order valence-electron chi connectivity index (χ4n) is 1.28. The number of nitrogens with zero attached hydrogens (tertiary/aromatic N) is 3. The predicted molar refractivity (Wildman–Crippen MR) is 71.8 cm³/mol. The van der Waals surface area contributed by atoms with Crippen molar-refractivity contribution in [3.05, 3.63) is 44.4 Å². The molecule has 0 atom stereocenters. The third-order valence-corrected chi connectivity index (χ3v) is 2.97. The lowest BCUT2D eigenvalue weighted by Gasteiger charge is -2.00. The van der Waals surface area contributed by atoms with Gasteiger partial charge >= 0.3 is 0 Å². The van der Waals surface area contributed by atoms with Gasteiger partial charge in [0.25, 0.3) is 6.43 Å². The van der Waals surface area contributed by atoms with Crippen LogP contribution in [0.15, 0.2) is 23.3 Å². The van der Waals surface area contributed by atoms with Crippen LogP contribution in [-0.4, -0.2) is 21.1 Å². The lowest BCUT2D eigenvalue weighted by molar-refractivity contribution is 0.136. The molecule has 0 spiro atoms. The van der Waals surface area contributed by atoms with Crippen molar-refractivity contribution in [1.82, 2.24) is 14.9 Å². The molecule has 0 aliphatic heterocycles. The van der Waals surface area contributed by atoms with Crippen LogP contribution in [0, 0.1) is 4.77 Å². The average molecular weight is 323 g/mol. The Bertz CT molecular complexity index is 680. The van der Waals surface area contributed by atoms with Gasteiger partial charge in [0.2, 0.25) is 10.6 Å². The summed E-state index contributed by atoms with van der Waals surface area (Å²) >= 11 is 16.5. The van der Waals surface area contributed by atoms with E-state index in [1.54, 1.807) is 12.1 Å². The molecule has 0 aliphatic rings. The van der Waals surface area contributed by atoms with Crippen LogP contribution in [-0.2, 0) is 0 Å². The van der Waals surface area contributed by atoms with Crippen molar-refractivity contribution in [2.24, 2.45) is 5.10 Å². The third-order valence-electron chi connectivity index (χ3n) is 2.15. The fraction of sp³-hybridized carbons (Fsp3) is 0.100. The molecular weight excluding hydrogens is 317 g/mol. The Morgan fingerprint density at radius 3 is 2.79 bits per heavy atom. The number of alkyl halides is 2. The van der Waals surface area contributed by atoms with Gasteiger partial charge in [0, 0.05) is 10.6 Å². The summed E-state index contributed by atoms with van der Waals surface area (Å²) in [7, 11) is 0. The first-order chi connectivity index (χ1) is 8.99. The van der Waals surface area contributed by atoms with Crippen LogP contribution < -0.4 is 0 Å². The highest BCUT2D eigenvalue weighted by Gasteiger charge is 2.15. The zero-order chi connectivity index (χ0) is 14.0. The maximum absolute atomic E-state index is 12.6. The molecule has 1 N–H and O–H groups in total. The van der Waals surface area contributed by atoms with Crippen LogP contribution in [0.4, 0.5) is 8.78 Å². The Labute approximate surface area is 121 Å². The monoisotopic (exact) mass is 322 g/mol. The zero-order valence-electron chi connectivity index (χ0n) is 9.15. The molecule has 1 heterocycles. The quantitative estimate of drug-likeness (QED) is 0.684. The molecule has 2 aromatic rings. The Hall–Kier alpha value is -1.31. The van der Waals surface area contributed by atoms with Gasteiger partial charge in [0.1, 0.15) is 0 Å². The Morgan fingerprint density at radius 2 is 2.16 bits per heavy atom. The molecule has 0 fully saturated rings. The van der Waals surface area contributed by atoms with Gasteiger partial charge in [0.05, 0.1) is 11.2 Å². The van der Waals surface area contributed by atoms with Crippen LogP contribution in [0.5, 0.6) is 0 Å². The predicted octanol–water partition coefficient (Wildman–Crippen LogP) is 4.07. The van der Waals surface area contributed by atoms with E-state index in [-0.39, 0.29) is 4.77 Å². The molecule has 0 aliphatic carbocycles. The third kappa shape index (κ3) is 3.17. The second kappa shape index (κ2) is 5.77. The van der Waals surface area contributed by atoms with Crippen LogP contribution in [0.1, 0.15) is 17.8 Å². The van der Waals surface area contributed by atoms with Crippen molar-refractivity contribution in [1.29, 1.82) is 0 Å². The van der Waals surface area contributed by atoms with Crippen molar-refractivity contribution >= 4 is 41.6 Å². The molecule has 0 unspecified atom stereocenters. The van der Waals surface area contributed by atoms with Crippen molar-refractivity contribution < 1.29 is 8.78 Å². The molecule has 0 radical (unpaired) electrons. The van der Waals surface area contributed by atoms with E-state index < -0.39 is 12.2 Å². The highest BCUT2D eigenvalue weighted by Crippen LogP contribution is 2.20. The van der Waals surface area contributed by atoms with Crippen LogP contribution in [0.3, 0.4) is 0 Å². The highest BCUT2D eigenvalue weighted by atomic mass is 35.5. The molecule has 0 bridgehead atoms. The standard InChI is InChI=1S/C10H6Cl2F2N4S/c11-6-2-1-5(7(12)3-6)4-15-18-9(8(13)14)16-17-10(18)19/h1-4,8H,(H,17,19)/b15-4+. The minimum Gasteiger partial charge on any atom is -0.250 e. The number of benzene rings is 1. The molecule has 4 nitrogen and oxygen atoms in total. The summed E-state index contributed by atoms with van der Waals surface area (Å²) in [6.45, 7) is 0. The number of aromatic nitrogens is 3. The van der Waals surface area contributed by atoms with Crippen LogP contribution in [0.25, 0.3) is 0 Å². The van der Waals surface area contributed by atoms with Crippen LogP contribution in [0.2, 0.25) is 10.0 Å². The van der Waals surface area contributed by atoms with E-state index in [0.717, 1.165) is 4.68 Å². The summed E-state index contributed by atoms with van der Waals surface area (Å²) in [4.78, 5) is 0. The molecular formula is C10H6Cl2F2N4S. The maximum atomic E-state index is 12.6. The fourth-order valence-corrected chi connectivity index (χ4v) is 1.93. The summed E-state index contributed by atoms with van der Waals surface area (Å²) in [5.74, 6) is -0.564. The van der Waals surface area contributed by atoms with E-state index in [1.807, 2.05) is 0 Å². The van der Waals surface area contributed by atoms with Crippen molar-refractivity contribution in [3.8, 4) is 0 Å². The van der Waals surface area contributed by atoms with E-state index in [4.69, 9.17) is 35.4 Å². The van der Waals surface area contributed by atoms with Gasteiger partial charge in [-0.2, -0.15) is 14.9 Å². The number of hydrogen-bond acceptors (Lipinski definition) is 3. The number of nitrogens with one attached hydrogen (secondary N) is 1. The SMILES string of the molecule is FC(F)c1n[nH]c(=S)n1/N=C/c1ccc(Cl)cc1Cl. The van der Waals surface area contributed by atoms with E-state index in [0.29, 0.717) is 15.6 Å². The Kier molecular flexibility index (Phi) is 4.28. The molecule has 0 amide bonds. The van der Waals surface area contributed by atoms with Gasteiger partial charge in [-0.1, -0.05) is 29.3 Å². The average Bonchev–Trinajstić information content (AvgIpc) is 2.70. The second-order valence-electron chi connectivity index (χ2n) is 3.41. The second-order valence-corrected chi connectivity index (χ2v) is 4.64. The largest absolute Gasteiger partial charge is 0.299 e. The Balaban J connectivity index is 2.38. The topological polar surface area (TPSA) is 46.0 Å². The summed E-state index contributed by atoms with van der Waals surface area (Å²) in [5.41, 5.74) is 0.523. The van der Waals surface area contributed by atoms with Gasteiger partial charge in [0.15, 0.2) is 0 Å². The van der Waals surface area contributed by atoms with E-state index >= 15 is 0 Å². The molecule has 0 saturated carbocycles. The van der Waals surface area contributed by atoms with Gasteiger partial charge in [-0.05, 0) is 24.4 Å². The van der Waals surface area contributed by atoms with Crippen LogP contribution >= 0.6 is 35.4 Å². The van der Waals surface area contributed by atoms with E-state index in [9.17, 15) is 8.78 Å².